The van der Waals surface area contributed by atoms with E-state index in [2.05, 4.69) is 17.0 Å². The number of nitrogens with zero attached hydrogens (tertiary/aromatic N) is 3. The largest absolute Gasteiger partial charge is 0.463 e. The number of carbonyl (C=O) groups is 1. The Kier molecular flexibility index (Phi) is 4.45. The van der Waals surface area contributed by atoms with Crippen LogP contribution in [0.3, 0.4) is 0 Å². The molecule has 0 aliphatic rings. The van der Waals surface area contributed by atoms with Crippen molar-refractivity contribution in [1.82, 2.24) is 14.8 Å². The van der Waals surface area contributed by atoms with Crippen LogP contribution in [0.2, 0.25) is 0 Å². The van der Waals surface area contributed by atoms with Crippen LogP contribution in [-0.2, 0) is 13.0 Å². The topological polar surface area (TPSA) is 78.0 Å². The molecule has 3 aromatic heterocycles. The summed E-state index contributed by atoms with van der Waals surface area (Å²) in [5.74, 6) is 0.362. The van der Waals surface area contributed by atoms with E-state index in [1.807, 2.05) is 19.1 Å². The Morgan fingerprint density at radius 2 is 2.00 bits per heavy atom. The number of rotatable bonds is 5. The number of ketones is 1. The fraction of sp³-hybridized carbons (Fsp3) is 0.200. The second-order valence-electron chi connectivity index (χ2n) is 6.17. The summed E-state index contributed by atoms with van der Waals surface area (Å²) in [6.45, 7) is 3.74. The van der Waals surface area contributed by atoms with E-state index in [0.717, 1.165) is 17.0 Å². The standard InChI is InChI=1S/C20H17N3O3S/c1-3-13-6-8-14(9-7-13)15(24)11-23-20(25)18-19(27-12(2)21-18)17(22-23)16-5-4-10-26-16/h4-10H,3,11H2,1-2H3. The van der Waals surface area contributed by atoms with Crippen LogP contribution in [0.25, 0.3) is 21.7 Å². The molecule has 6 nitrogen and oxygen atoms in total. The van der Waals surface area contributed by atoms with Gasteiger partial charge in [-0.3, -0.25) is 9.59 Å². The smallest absolute Gasteiger partial charge is 0.294 e. The summed E-state index contributed by atoms with van der Waals surface area (Å²) in [6.07, 6.45) is 2.45. The third kappa shape index (κ3) is 3.21. The summed E-state index contributed by atoms with van der Waals surface area (Å²) in [7, 11) is 0. The second-order valence-corrected chi connectivity index (χ2v) is 7.38. The number of aromatic nitrogens is 3. The number of fused-ring (bicyclic) bond motifs is 1. The van der Waals surface area contributed by atoms with Gasteiger partial charge in [-0.2, -0.15) is 5.10 Å². The van der Waals surface area contributed by atoms with Gasteiger partial charge in [0.25, 0.3) is 5.56 Å². The quantitative estimate of drug-likeness (QED) is 0.492. The van der Waals surface area contributed by atoms with E-state index < -0.39 is 0 Å². The maximum absolute atomic E-state index is 12.8. The molecule has 0 radical (unpaired) electrons. The summed E-state index contributed by atoms with van der Waals surface area (Å²) < 4.78 is 7.31. The van der Waals surface area contributed by atoms with Crippen molar-refractivity contribution in [1.29, 1.82) is 0 Å². The lowest BCUT2D eigenvalue weighted by Crippen LogP contribution is -2.27. The van der Waals surface area contributed by atoms with Crippen LogP contribution in [0.4, 0.5) is 0 Å². The summed E-state index contributed by atoms with van der Waals surface area (Å²) >= 11 is 1.39. The van der Waals surface area contributed by atoms with Crippen molar-refractivity contribution in [2.75, 3.05) is 0 Å². The van der Waals surface area contributed by atoms with Crippen molar-refractivity contribution in [2.45, 2.75) is 26.8 Å². The summed E-state index contributed by atoms with van der Waals surface area (Å²) in [6, 6.07) is 10.9. The van der Waals surface area contributed by atoms with Crippen LogP contribution in [0, 0.1) is 6.92 Å². The number of Topliss-reactive ketones (excluding diaryl/α,β-unsaturated/α-hetero) is 1. The zero-order valence-corrected chi connectivity index (χ0v) is 15.7. The Balaban J connectivity index is 1.78. The highest BCUT2D eigenvalue weighted by Gasteiger charge is 2.19. The molecule has 3 heterocycles. The molecular formula is C20H17N3O3S. The first-order chi connectivity index (χ1) is 13.1. The molecule has 0 N–H and O–H groups in total. The van der Waals surface area contributed by atoms with Crippen LogP contribution in [0.15, 0.2) is 51.9 Å². The van der Waals surface area contributed by atoms with E-state index >= 15 is 0 Å². The Morgan fingerprint density at radius 1 is 1.22 bits per heavy atom. The molecule has 4 rings (SSSR count). The number of furan rings is 1. The van der Waals surface area contributed by atoms with E-state index in [-0.39, 0.29) is 17.9 Å². The molecule has 0 saturated carbocycles. The Hall–Kier alpha value is -3.06. The molecule has 27 heavy (non-hydrogen) atoms. The summed E-state index contributed by atoms with van der Waals surface area (Å²) in [4.78, 5) is 29.8. The van der Waals surface area contributed by atoms with E-state index in [4.69, 9.17) is 4.42 Å². The van der Waals surface area contributed by atoms with Gasteiger partial charge in [-0.05, 0) is 31.0 Å². The van der Waals surface area contributed by atoms with Crippen molar-refractivity contribution >= 4 is 27.3 Å². The molecule has 136 valence electrons. The SMILES string of the molecule is CCc1ccc(C(=O)Cn2nc(-c3ccco3)c3sc(C)nc3c2=O)cc1. The molecule has 0 atom stereocenters. The van der Waals surface area contributed by atoms with E-state index in [0.29, 0.717) is 27.2 Å². The predicted octanol–water partition coefficient (Wildman–Crippen LogP) is 3.87. The van der Waals surface area contributed by atoms with E-state index in [9.17, 15) is 9.59 Å². The summed E-state index contributed by atoms with van der Waals surface area (Å²) in [5, 5.41) is 5.18. The lowest BCUT2D eigenvalue weighted by atomic mass is 10.1. The molecule has 7 heteroatoms. The first-order valence-corrected chi connectivity index (χ1v) is 9.42. The van der Waals surface area contributed by atoms with Gasteiger partial charge in [0, 0.05) is 5.56 Å². The zero-order valence-electron chi connectivity index (χ0n) is 14.9. The molecule has 0 fully saturated rings. The second kappa shape index (κ2) is 6.92. The van der Waals surface area contributed by atoms with Crippen LogP contribution < -0.4 is 5.56 Å². The molecule has 0 aliphatic carbocycles. The van der Waals surface area contributed by atoms with Crippen molar-refractivity contribution in [3.63, 3.8) is 0 Å². The van der Waals surface area contributed by atoms with E-state index in [1.54, 1.807) is 30.5 Å². The molecule has 1 aromatic carbocycles. The first-order valence-electron chi connectivity index (χ1n) is 8.61. The number of thiazole rings is 1. The van der Waals surface area contributed by atoms with Gasteiger partial charge in [0.1, 0.15) is 12.2 Å². The molecular weight excluding hydrogens is 362 g/mol. The van der Waals surface area contributed by atoms with Gasteiger partial charge >= 0.3 is 0 Å². The van der Waals surface area contributed by atoms with Crippen molar-refractivity contribution < 1.29 is 9.21 Å². The molecule has 0 saturated heterocycles. The third-order valence-corrected chi connectivity index (χ3v) is 5.32. The van der Waals surface area contributed by atoms with Crippen molar-refractivity contribution in [3.8, 4) is 11.5 Å². The highest BCUT2D eigenvalue weighted by Crippen LogP contribution is 2.29. The van der Waals surface area contributed by atoms with E-state index in [1.165, 1.54) is 16.0 Å². The van der Waals surface area contributed by atoms with Crippen molar-refractivity contribution in [3.05, 3.63) is 69.1 Å². The van der Waals surface area contributed by atoms with Crippen LogP contribution in [0.5, 0.6) is 0 Å². The Bertz CT molecular complexity index is 1170. The maximum Gasteiger partial charge on any atom is 0.294 e. The zero-order chi connectivity index (χ0) is 19.0. The minimum absolute atomic E-state index is 0.148. The lowest BCUT2D eigenvalue weighted by Gasteiger charge is -2.07. The predicted molar refractivity (Wildman–Crippen MR) is 104 cm³/mol. The fourth-order valence-electron chi connectivity index (χ4n) is 2.90. The number of hydrogen-bond donors (Lipinski definition) is 0. The van der Waals surface area contributed by atoms with Gasteiger partial charge in [-0.15, -0.1) is 11.3 Å². The summed E-state index contributed by atoms with van der Waals surface area (Å²) in [5.41, 5.74) is 2.17. The monoisotopic (exact) mass is 379 g/mol. The third-order valence-electron chi connectivity index (χ3n) is 4.34. The molecule has 4 aromatic rings. The minimum Gasteiger partial charge on any atom is -0.463 e. The molecule has 0 aliphatic heterocycles. The van der Waals surface area contributed by atoms with Gasteiger partial charge in [-0.25, -0.2) is 9.67 Å². The maximum atomic E-state index is 12.8. The molecule has 0 bridgehead atoms. The average Bonchev–Trinajstić information content (AvgIpc) is 3.34. The van der Waals surface area contributed by atoms with Crippen molar-refractivity contribution in [2.24, 2.45) is 0 Å². The highest BCUT2D eigenvalue weighted by atomic mass is 32.1. The van der Waals surface area contributed by atoms with Crippen LogP contribution in [-0.4, -0.2) is 20.5 Å². The molecule has 0 spiro atoms. The van der Waals surface area contributed by atoms with Crippen LogP contribution in [0.1, 0.15) is 27.9 Å². The number of hydrogen-bond acceptors (Lipinski definition) is 6. The fourth-order valence-corrected chi connectivity index (χ4v) is 3.80. The number of benzene rings is 1. The number of carbonyl (C=O) groups excluding carboxylic acids is 1. The van der Waals surface area contributed by atoms with Gasteiger partial charge in [-0.1, -0.05) is 31.2 Å². The molecule has 0 amide bonds. The lowest BCUT2D eigenvalue weighted by molar-refractivity contribution is 0.0966. The molecule has 0 unspecified atom stereocenters. The normalized spacial score (nSPS) is 11.2. The first kappa shape index (κ1) is 17.4. The minimum atomic E-state index is -0.372. The number of aryl methyl sites for hydroxylation is 2. The van der Waals surface area contributed by atoms with Gasteiger partial charge < -0.3 is 4.42 Å². The van der Waals surface area contributed by atoms with Crippen LogP contribution >= 0.6 is 11.3 Å². The Morgan fingerprint density at radius 3 is 2.67 bits per heavy atom. The Labute approximate surface area is 159 Å². The van der Waals surface area contributed by atoms with Gasteiger partial charge in [0.2, 0.25) is 0 Å². The van der Waals surface area contributed by atoms with Gasteiger partial charge in [0.15, 0.2) is 17.1 Å². The van der Waals surface area contributed by atoms with Gasteiger partial charge in [0.05, 0.1) is 16.0 Å². The highest BCUT2D eigenvalue weighted by molar-refractivity contribution is 7.19. The average molecular weight is 379 g/mol.